The minimum absolute atomic E-state index is 0.481. The molecular weight excluding hydrogens is 256 g/mol. The van der Waals surface area contributed by atoms with Gasteiger partial charge in [-0.3, -0.25) is 9.36 Å². The van der Waals surface area contributed by atoms with E-state index in [-0.39, 0.29) is 0 Å². The highest BCUT2D eigenvalue weighted by Gasteiger charge is 2.17. The predicted molar refractivity (Wildman–Crippen MR) is 72.9 cm³/mol. The Kier molecular flexibility index (Phi) is 2.89. The van der Waals surface area contributed by atoms with E-state index in [0.717, 1.165) is 29.1 Å². The molecule has 7 nitrogen and oxygen atoms in total. The number of aryl methyl sites for hydroxylation is 3. The Balaban J connectivity index is 2.02. The lowest BCUT2D eigenvalue weighted by molar-refractivity contribution is 0.582. The zero-order chi connectivity index (χ0) is 14.3. The van der Waals surface area contributed by atoms with Crippen molar-refractivity contribution in [2.75, 3.05) is 0 Å². The quantitative estimate of drug-likeness (QED) is 0.728. The molecule has 0 radical (unpaired) electrons. The zero-order valence-corrected chi connectivity index (χ0v) is 12.0. The van der Waals surface area contributed by atoms with Gasteiger partial charge in [0, 0.05) is 25.5 Å². The normalized spacial score (nSPS) is 11.2. The fourth-order valence-corrected chi connectivity index (χ4v) is 2.23. The van der Waals surface area contributed by atoms with E-state index in [0.29, 0.717) is 11.8 Å². The van der Waals surface area contributed by atoms with Gasteiger partial charge in [-0.1, -0.05) is 0 Å². The summed E-state index contributed by atoms with van der Waals surface area (Å²) in [6.45, 7) is 6.77. The number of hydrogen-bond acceptors (Lipinski definition) is 5. The fraction of sp³-hybridized carbons (Fsp3) is 0.385. The van der Waals surface area contributed by atoms with Crippen LogP contribution in [0.15, 0.2) is 16.8 Å². The molecule has 3 aromatic heterocycles. The first-order valence-corrected chi connectivity index (χ1v) is 6.47. The lowest BCUT2D eigenvalue weighted by Crippen LogP contribution is -1.98. The van der Waals surface area contributed by atoms with Crippen molar-refractivity contribution in [1.29, 1.82) is 0 Å². The van der Waals surface area contributed by atoms with Gasteiger partial charge in [-0.2, -0.15) is 10.2 Å². The van der Waals surface area contributed by atoms with Crippen LogP contribution in [0.5, 0.6) is 0 Å². The van der Waals surface area contributed by atoms with Gasteiger partial charge in [-0.25, -0.2) is 0 Å². The molecule has 3 aromatic rings. The number of rotatable bonds is 3. The van der Waals surface area contributed by atoms with Crippen molar-refractivity contribution >= 4 is 0 Å². The van der Waals surface area contributed by atoms with E-state index in [1.807, 2.05) is 38.7 Å². The van der Waals surface area contributed by atoms with E-state index < -0.39 is 0 Å². The minimum atomic E-state index is 0.481. The average molecular weight is 272 g/mol. The minimum Gasteiger partial charge on any atom is -0.416 e. The molecule has 3 rings (SSSR count). The van der Waals surface area contributed by atoms with Crippen molar-refractivity contribution in [3.8, 4) is 22.9 Å². The molecule has 0 saturated heterocycles. The summed E-state index contributed by atoms with van der Waals surface area (Å²) in [5, 5.41) is 16.8. The maximum atomic E-state index is 5.76. The number of hydrogen-bond donors (Lipinski definition) is 0. The van der Waals surface area contributed by atoms with Crippen LogP contribution in [0.2, 0.25) is 0 Å². The van der Waals surface area contributed by atoms with Crippen LogP contribution in [0, 0.1) is 13.8 Å². The monoisotopic (exact) mass is 272 g/mol. The largest absolute Gasteiger partial charge is 0.416 e. The Morgan fingerprint density at radius 1 is 1.15 bits per heavy atom. The highest BCUT2D eigenvalue weighted by atomic mass is 16.4. The summed E-state index contributed by atoms with van der Waals surface area (Å²) in [5.74, 6) is 0.967. The van der Waals surface area contributed by atoms with Gasteiger partial charge in [0.05, 0.1) is 23.0 Å². The molecule has 0 spiro atoms. The second-order valence-electron chi connectivity index (χ2n) is 4.67. The van der Waals surface area contributed by atoms with Gasteiger partial charge >= 0.3 is 0 Å². The summed E-state index contributed by atoms with van der Waals surface area (Å²) in [6.07, 6.45) is 3.63. The van der Waals surface area contributed by atoms with E-state index in [1.54, 1.807) is 10.9 Å². The zero-order valence-electron chi connectivity index (χ0n) is 12.0. The Morgan fingerprint density at radius 3 is 2.40 bits per heavy atom. The van der Waals surface area contributed by atoms with E-state index in [1.165, 1.54) is 0 Å². The van der Waals surface area contributed by atoms with E-state index in [9.17, 15) is 0 Å². The van der Waals surface area contributed by atoms with Crippen LogP contribution in [0.3, 0.4) is 0 Å². The van der Waals surface area contributed by atoms with Crippen LogP contribution in [0.25, 0.3) is 22.9 Å². The molecule has 0 aliphatic rings. The van der Waals surface area contributed by atoms with Crippen molar-refractivity contribution < 1.29 is 4.42 Å². The molecule has 0 aromatic carbocycles. The van der Waals surface area contributed by atoms with Crippen LogP contribution in [0.1, 0.15) is 18.3 Å². The third-order valence-corrected chi connectivity index (χ3v) is 3.30. The molecule has 0 aliphatic heterocycles. The molecule has 0 bridgehead atoms. The van der Waals surface area contributed by atoms with E-state index in [4.69, 9.17) is 4.42 Å². The highest BCUT2D eigenvalue weighted by molar-refractivity contribution is 5.59. The summed E-state index contributed by atoms with van der Waals surface area (Å²) in [7, 11) is 1.86. The standard InChI is InChI=1S/C13H16N6O/c1-5-19-9(3)10(6-14-19)12-15-16-13(20-12)11-7-18(4)17-8(11)2/h6-7H,5H2,1-4H3. The first-order chi connectivity index (χ1) is 9.60. The molecule has 0 saturated carbocycles. The SMILES string of the molecule is CCn1ncc(-c2nnc(-c3cn(C)nc3C)o2)c1C. The van der Waals surface area contributed by atoms with Gasteiger partial charge in [-0.15, -0.1) is 10.2 Å². The summed E-state index contributed by atoms with van der Waals surface area (Å²) in [4.78, 5) is 0. The van der Waals surface area contributed by atoms with Gasteiger partial charge in [0.25, 0.3) is 11.8 Å². The Hall–Kier alpha value is -2.44. The van der Waals surface area contributed by atoms with E-state index >= 15 is 0 Å². The lowest BCUT2D eigenvalue weighted by Gasteiger charge is -1.98. The summed E-state index contributed by atoms with van der Waals surface area (Å²) >= 11 is 0. The maximum absolute atomic E-state index is 5.76. The molecule has 0 N–H and O–H groups in total. The van der Waals surface area contributed by atoms with Crippen LogP contribution in [-0.2, 0) is 13.6 Å². The average Bonchev–Trinajstić information content (AvgIpc) is 3.08. The topological polar surface area (TPSA) is 74.6 Å². The second kappa shape index (κ2) is 4.59. The van der Waals surface area contributed by atoms with Gasteiger partial charge in [0.1, 0.15) is 0 Å². The Morgan fingerprint density at radius 2 is 1.85 bits per heavy atom. The molecule has 0 unspecified atom stereocenters. The summed E-state index contributed by atoms with van der Waals surface area (Å²) in [5.41, 5.74) is 3.60. The van der Waals surface area contributed by atoms with Crippen molar-refractivity contribution in [3.63, 3.8) is 0 Å². The molecule has 3 heterocycles. The summed E-state index contributed by atoms with van der Waals surface area (Å²) < 4.78 is 9.39. The molecule has 0 fully saturated rings. The van der Waals surface area contributed by atoms with Gasteiger partial charge < -0.3 is 4.42 Å². The lowest BCUT2D eigenvalue weighted by atomic mass is 10.2. The van der Waals surface area contributed by atoms with Gasteiger partial charge in [0.2, 0.25) is 0 Å². The molecule has 7 heteroatoms. The van der Waals surface area contributed by atoms with Crippen molar-refractivity contribution in [2.45, 2.75) is 27.3 Å². The van der Waals surface area contributed by atoms with Crippen LogP contribution in [0.4, 0.5) is 0 Å². The first kappa shape index (κ1) is 12.6. The Labute approximate surface area is 116 Å². The van der Waals surface area contributed by atoms with Crippen LogP contribution < -0.4 is 0 Å². The molecule has 0 atom stereocenters. The maximum Gasteiger partial charge on any atom is 0.251 e. The Bertz CT molecular complexity index is 751. The van der Waals surface area contributed by atoms with Crippen molar-refractivity contribution in [2.24, 2.45) is 7.05 Å². The number of aromatic nitrogens is 6. The number of nitrogens with zero attached hydrogens (tertiary/aromatic N) is 6. The van der Waals surface area contributed by atoms with Gasteiger partial charge in [0.15, 0.2) is 0 Å². The molecule has 0 amide bonds. The second-order valence-corrected chi connectivity index (χ2v) is 4.67. The van der Waals surface area contributed by atoms with E-state index in [2.05, 4.69) is 20.4 Å². The summed E-state index contributed by atoms with van der Waals surface area (Å²) in [6, 6.07) is 0. The molecule has 0 aliphatic carbocycles. The predicted octanol–water partition coefficient (Wildman–Crippen LogP) is 1.97. The van der Waals surface area contributed by atoms with Crippen molar-refractivity contribution in [3.05, 3.63) is 23.8 Å². The van der Waals surface area contributed by atoms with Crippen LogP contribution >= 0.6 is 0 Å². The highest BCUT2D eigenvalue weighted by Crippen LogP contribution is 2.27. The third kappa shape index (κ3) is 1.91. The molecule has 20 heavy (non-hydrogen) atoms. The smallest absolute Gasteiger partial charge is 0.251 e. The van der Waals surface area contributed by atoms with Crippen molar-refractivity contribution in [1.82, 2.24) is 29.8 Å². The molecule has 104 valence electrons. The fourth-order valence-electron chi connectivity index (χ4n) is 2.23. The van der Waals surface area contributed by atoms with Crippen LogP contribution in [-0.4, -0.2) is 29.8 Å². The molecular formula is C13H16N6O. The van der Waals surface area contributed by atoms with Gasteiger partial charge in [-0.05, 0) is 20.8 Å². The first-order valence-electron chi connectivity index (χ1n) is 6.47. The third-order valence-electron chi connectivity index (χ3n) is 3.30.